The van der Waals surface area contributed by atoms with E-state index < -0.39 is 6.04 Å². The first-order valence-corrected chi connectivity index (χ1v) is 7.15. The van der Waals surface area contributed by atoms with Crippen molar-refractivity contribution in [1.29, 1.82) is 0 Å². The summed E-state index contributed by atoms with van der Waals surface area (Å²) >= 11 is 0. The minimum absolute atomic E-state index is 0.0918. The van der Waals surface area contributed by atoms with E-state index in [-0.39, 0.29) is 11.9 Å². The number of aryl methyl sites for hydroxylation is 1. The first kappa shape index (κ1) is 16.0. The van der Waals surface area contributed by atoms with Gasteiger partial charge in [-0.15, -0.1) is 0 Å². The van der Waals surface area contributed by atoms with Crippen molar-refractivity contribution in [3.05, 3.63) is 47.8 Å². The van der Waals surface area contributed by atoms with Crippen LogP contribution in [0.3, 0.4) is 0 Å². The number of hydrogen-bond acceptors (Lipinski definition) is 4. The van der Waals surface area contributed by atoms with E-state index in [1.165, 1.54) is 0 Å². The maximum atomic E-state index is 12.5. The summed E-state index contributed by atoms with van der Waals surface area (Å²) in [5, 5.41) is 10.1. The van der Waals surface area contributed by atoms with Gasteiger partial charge in [-0.2, -0.15) is 5.10 Å². The molecule has 0 aliphatic rings. The van der Waals surface area contributed by atoms with E-state index in [4.69, 9.17) is 4.74 Å². The third-order valence-electron chi connectivity index (χ3n) is 3.56. The van der Waals surface area contributed by atoms with Crippen molar-refractivity contribution in [3.8, 4) is 5.75 Å². The topological polar surface area (TPSA) is 68.2 Å². The average molecular weight is 302 g/mol. The zero-order chi connectivity index (χ0) is 16.1. The number of amides is 1. The molecule has 1 aromatic heterocycles. The van der Waals surface area contributed by atoms with Crippen LogP contribution in [-0.2, 0) is 11.8 Å². The minimum Gasteiger partial charge on any atom is -0.497 e. The van der Waals surface area contributed by atoms with E-state index in [0.717, 1.165) is 16.9 Å². The van der Waals surface area contributed by atoms with Gasteiger partial charge in [-0.25, -0.2) is 0 Å². The summed E-state index contributed by atoms with van der Waals surface area (Å²) in [4.78, 5) is 12.5. The van der Waals surface area contributed by atoms with Crippen LogP contribution in [0.5, 0.6) is 5.75 Å². The van der Waals surface area contributed by atoms with Crippen molar-refractivity contribution in [2.24, 2.45) is 7.05 Å². The number of rotatable bonds is 6. The molecular weight excluding hydrogens is 280 g/mol. The van der Waals surface area contributed by atoms with Gasteiger partial charge in [0.25, 0.3) is 0 Å². The van der Waals surface area contributed by atoms with Crippen molar-refractivity contribution in [2.75, 3.05) is 14.2 Å². The Morgan fingerprint density at radius 3 is 2.73 bits per heavy atom. The fraction of sp³-hybridized carbons (Fsp3) is 0.375. The van der Waals surface area contributed by atoms with Crippen LogP contribution >= 0.6 is 0 Å². The number of aromatic nitrogens is 2. The number of carbonyl (C=O) groups excluding carboxylic acids is 1. The summed E-state index contributed by atoms with van der Waals surface area (Å²) in [5.74, 6) is 0.682. The number of carbonyl (C=O) groups is 1. The molecule has 2 unspecified atom stereocenters. The van der Waals surface area contributed by atoms with E-state index in [1.54, 1.807) is 25.0 Å². The lowest BCUT2D eigenvalue weighted by Crippen LogP contribution is -2.37. The number of nitrogens with one attached hydrogen (secondary N) is 2. The lowest BCUT2D eigenvalue weighted by atomic mass is 10.1. The molecule has 0 aliphatic carbocycles. The summed E-state index contributed by atoms with van der Waals surface area (Å²) in [6.07, 6.45) is 3.52. The molecule has 6 nitrogen and oxygen atoms in total. The second-order valence-corrected chi connectivity index (χ2v) is 5.18. The fourth-order valence-electron chi connectivity index (χ4n) is 2.33. The quantitative estimate of drug-likeness (QED) is 0.850. The number of hydrogen-bond donors (Lipinski definition) is 2. The van der Waals surface area contributed by atoms with Gasteiger partial charge in [0, 0.05) is 18.8 Å². The highest BCUT2D eigenvalue weighted by atomic mass is 16.5. The van der Waals surface area contributed by atoms with Crippen LogP contribution in [0, 0.1) is 0 Å². The Balaban J connectivity index is 2.09. The zero-order valence-corrected chi connectivity index (χ0v) is 13.3. The van der Waals surface area contributed by atoms with Gasteiger partial charge in [-0.05, 0) is 31.7 Å². The van der Waals surface area contributed by atoms with Crippen molar-refractivity contribution in [2.45, 2.75) is 19.0 Å². The predicted octanol–water partition coefficient (Wildman–Crippen LogP) is 1.57. The van der Waals surface area contributed by atoms with E-state index in [1.807, 2.05) is 44.4 Å². The molecule has 0 radical (unpaired) electrons. The van der Waals surface area contributed by atoms with Crippen LogP contribution in [-0.4, -0.2) is 29.8 Å². The van der Waals surface area contributed by atoms with Gasteiger partial charge in [0.1, 0.15) is 11.8 Å². The summed E-state index contributed by atoms with van der Waals surface area (Å²) < 4.78 is 6.89. The van der Waals surface area contributed by atoms with Gasteiger partial charge in [0.15, 0.2) is 0 Å². The molecule has 118 valence electrons. The summed E-state index contributed by atoms with van der Waals surface area (Å²) in [5.41, 5.74) is 1.83. The largest absolute Gasteiger partial charge is 0.497 e. The minimum atomic E-state index is -0.429. The van der Waals surface area contributed by atoms with Gasteiger partial charge in [0.05, 0.1) is 19.3 Å². The third-order valence-corrected chi connectivity index (χ3v) is 3.56. The van der Waals surface area contributed by atoms with E-state index in [0.29, 0.717) is 0 Å². The maximum absolute atomic E-state index is 12.5. The number of benzene rings is 1. The molecule has 0 spiro atoms. The Labute approximate surface area is 130 Å². The summed E-state index contributed by atoms with van der Waals surface area (Å²) in [7, 11) is 5.21. The van der Waals surface area contributed by atoms with Gasteiger partial charge in [-0.1, -0.05) is 12.1 Å². The molecule has 2 rings (SSSR count). The Hall–Kier alpha value is -2.34. The highest BCUT2D eigenvalue weighted by Crippen LogP contribution is 2.20. The predicted molar refractivity (Wildman–Crippen MR) is 84.6 cm³/mol. The monoisotopic (exact) mass is 302 g/mol. The van der Waals surface area contributed by atoms with Crippen LogP contribution < -0.4 is 15.4 Å². The SMILES string of the molecule is CNC(C(=O)NC(C)c1cccc(OC)c1)c1cnn(C)c1. The summed E-state index contributed by atoms with van der Waals surface area (Å²) in [6.45, 7) is 1.95. The molecule has 0 saturated carbocycles. The van der Waals surface area contributed by atoms with Crippen molar-refractivity contribution >= 4 is 5.91 Å². The summed E-state index contributed by atoms with van der Waals surface area (Å²) in [6, 6.07) is 7.13. The number of likely N-dealkylation sites (N-methyl/N-ethyl adjacent to an activating group) is 1. The smallest absolute Gasteiger partial charge is 0.242 e. The normalized spacial score (nSPS) is 13.5. The lowest BCUT2D eigenvalue weighted by Gasteiger charge is -2.19. The second-order valence-electron chi connectivity index (χ2n) is 5.18. The molecule has 1 amide bonds. The van der Waals surface area contributed by atoms with Crippen molar-refractivity contribution in [1.82, 2.24) is 20.4 Å². The van der Waals surface area contributed by atoms with Crippen molar-refractivity contribution in [3.63, 3.8) is 0 Å². The van der Waals surface area contributed by atoms with Gasteiger partial charge < -0.3 is 15.4 Å². The molecule has 1 aromatic carbocycles. The van der Waals surface area contributed by atoms with Gasteiger partial charge in [0.2, 0.25) is 5.91 Å². The molecule has 0 aliphatic heterocycles. The molecule has 2 atom stereocenters. The van der Waals surface area contributed by atoms with Crippen LogP contribution in [0.2, 0.25) is 0 Å². The number of nitrogens with zero attached hydrogens (tertiary/aromatic N) is 2. The molecule has 0 bridgehead atoms. The van der Waals surface area contributed by atoms with Crippen LogP contribution in [0.25, 0.3) is 0 Å². The van der Waals surface area contributed by atoms with Crippen LogP contribution in [0.1, 0.15) is 30.1 Å². The molecule has 22 heavy (non-hydrogen) atoms. The first-order valence-electron chi connectivity index (χ1n) is 7.15. The zero-order valence-electron chi connectivity index (χ0n) is 13.3. The molecule has 2 aromatic rings. The van der Waals surface area contributed by atoms with E-state index >= 15 is 0 Å². The maximum Gasteiger partial charge on any atom is 0.242 e. The lowest BCUT2D eigenvalue weighted by molar-refractivity contribution is -0.123. The molecule has 0 saturated heterocycles. The highest BCUT2D eigenvalue weighted by Gasteiger charge is 2.22. The highest BCUT2D eigenvalue weighted by molar-refractivity contribution is 5.83. The van der Waals surface area contributed by atoms with Crippen LogP contribution in [0.15, 0.2) is 36.7 Å². The standard InChI is InChI=1S/C16H22N4O2/c1-11(12-6-5-7-14(8-12)22-4)19-16(21)15(17-2)13-9-18-20(3)10-13/h5-11,15,17H,1-4H3,(H,19,21). The Morgan fingerprint density at radius 1 is 1.36 bits per heavy atom. The molecule has 6 heteroatoms. The Bertz CT molecular complexity index is 639. The fourth-order valence-corrected chi connectivity index (χ4v) is 2.33. The molecule has 0 fully saturated rings. The Morgan fingerprint density at radius 2 is 2.14 bits per heavy atom. The van der Waals surface area contributed by atoms with Crippen molar-refractivity contribution < 1.29 is 9.53 Å². The first-order chi connectivity index (χ1) is 10.5. The Kier molecular flexibility index (Phi) is 5.16. The molecular formula is C16H22N4O2. The molecule has 1 heterocycles. The van der Waals surface area contributed by atoms with Crippen LogP contribution in [0.4, 0.5) is 0 Å². The van der Waals surface area contributed by atoms with Gasteiger partial charge >= 0.3 is 0 Å². The third kappa shape index (κ3) is 3.65. The molecule has 2 N–H and O–H groups in total. The number of ether oxygens (including phenoxy) is 1. The number of methoxy groups -OCH3 is 1. The van der Waals surface area contributed by atoms with E-state index in [2.05, 4.69) is 15.7 Å². The van der Waals surface area contributed by atoms with Gasteiger partial charge in [-0.3, -0.25) is 9.48 Å². The second kappa shape index (κ2) is 7.09. The van der Waals surface area contributed by atoms with E-state index in [9.17, 15) is 4.79 Å². The average Bonchev–Trinajstić information content (AvgIpc) is 2.94.